The number of hydrogen-bond donors (Lipinski definition) is 1. The summed E-state index contributed by atoms with van der Waals surface area (Å²) in [5.41, 5.74) is 2.40. The van der Waals surface area contributed by atoms with Gasteiger partial charge in [-0.05, 0) is 17.7 Å². The Kier molecular flexibility index (Phi) is 4.65. The molecule has 7 nitrogen and oxygen atoms in total. The van der Waals surface area contributed by atoms with Gasteiger partial charge in [-0.2, -0.15) is 0 Å². The quantitative estimate of drug-likeness (QED) is 0.581. The van der Waals surface area contributed by atoms with Gasteiger partial charge in [-0.3, -0.25) is 18.6 Å². The zero-order chi connectivity index (χ0) is 19.7. The van der Waals surface area contributed by atoms with Crippen molar-refractivity contribution >= 4 is 22.6 Å². The molecule has 0 unspecified atom stereocenters. The first kappa shape index (κ1) is 17.9. The Morgan fingerprint density at radius 2 is 1.68 bits per heavy atom. The molecule has 28 heavy (non-hydrogen) atoms. The van der Waals surface area contributed by atoms with Gasteiger partial charge in [0.2, 0.25) is 11.6 Å². The summed E-state index contributed by atoms with van der Waals surface area (Å²) in [4.78, 5) is 25.6. The van der Waals surface area contributed by atoms with E-state index in [0.29, 0.717) is 12.1 Å². The highest BCUT2D eigenvalue weighted by Gasteiger charge is 2.19. The summed E-state index contributed by atoms with van der Waals surface area (Å²) in [7, 11) is 0. The lowest BCUT2D eigenvalue weighted by molar-refractivity contribution is -0.121. The molecule has 0 saturated heterocycles. The Morgan fingerprint density at radius 3 is 2.39 bits per heavy atom. The Hall–Kier alpha value is -3.48. The second-order valence-electron chi connectivity index (χ2n) is 7.01. The number of para-hydroxylation sites is 2. The lowest BCUT2D eigenvalue weighted by atomic mass is 10.2. The summed E-state index contributed by atoms with van der Waals surface area (Å²) in [5.74, 6) is 0.607. The Labute approximate surface area is 161 Å². The fraction of sp³-hybridized carbons (Fsp3) is 0.238. The highest BCUT2D eigenvalue weighted by atomic mass is 16.2. The van der Waals surface area contributed by atoms with Crippen molar-refractivity contribution in [3.05, 3.63) is 76.3 Å². The normalized spacial score (nSPS) is 11.4. The second-order valence-corrected chi connectivity index (χ2v) is 7.01. The van der Waals surface area contributed by atoms with Crippen LogP contribution in [0.5, 0.6) is 0 Å². The number of aromatic nitrogens is 4. The SMILES string of the molecule is CC(C)c1nnc2c(=O)n(CC(=O)NCc3ccccc3)c3ccccc3n12. The number of carbonyl (C=O) groups is 1. The van der Waals surface area contributed by atoms with Crippen molar-refractivity contribution < 1.29 is 4.79 Å². The molecule has 0 aliphatic carbocycles. The number of nitrogens with one attached hydrogen (secondary N) is 1. The van der Waals surface area contributed by atoms with Crippen LogP contribution in [0, 0.1) is 0 Å². The van der Waals surface area contributed by atoms with Crippen LogP contribution in [0.15, 0.2) is 59.4 Å². The van der Waals surface area contributed by atoms with Crippen molar-refractivity contribution in [2.45, 2.75) is 32.9 Å². The summed E-state index contributed by atoms with van der Waals surface area (Å²) in [6.07, 6.45) is 0. The summed E-state index contributed by atoms with van der Waals surface area (Å²) in [6.45, 7) is 4.35. The molecule has 2 aromatic heterocycles. The smallest absolute Gasteiger partial charge is 0.297 e. The van der Waals surface area contributed by atoms with Crippen LogP contribution < -0.4 is 10.9 Å². The van der Waals surface area contributed by atoms with Crippen LogP contribution in [-0.4, -0.2) is 25.1 Å². The van der Waals surface area contributed by atoms with Crippen LogP contribution >= 0.6 is 0 Å². The molecule has 0 aliphatic heterocycles. The highest BCUT2D eigenvalue weighted by molar-refractivity contribution is 5.82. The number of hydrogen-bond acceptors (Lipinski definition) is 4. The van der Waals surface area contributed by atoms with E-state index in [-0.39, 0.29) is 29.6 Å². The standard InChI is InChI=1S/C21H21N5O2/c1-14(2)19-23-24-20-21(28)25(16-10-6-7-11-17(16)26(19)20)13-18(27)22-12-15-8-4-3-5-9-15/h3-11,14H,12-13H2,1-2H3,(H,22,27). The van der Waals surface area contributed by atoms with E-state index in [1.165, 1.54) is 4.57 Å². The first-order chi connectivity index (χ1) is 13.6. The molecule has 0 radical (unpaired) electrons. The third-order valence-corrected chi connectivity index (χ3v) is 4.69. The fourth-order valence-electron chi connectivity index (χ4n) is 3.31. The van der Waals surface area contributed by atoms with Gasteiger partial charge in [0.25, 0.3) is 5.56 Å². The Bertz CT molecular complexity index is 1210. The van der Waals surface area contributed by atoms with Gasteiger partial charge < -0.3 is 5.32 Å². The fourth-order valence-corrected chi connectivity index (χ4v) is 3.31. The molecular formula is C21H21N5O2. The van der Waals surface area contributed by atoms with Gasteiger partial charge >= 0.3 is 0 Å². The molecule has 0 aliphatic rings. The van der Waals surface area contributed by atoms with Crippen molar-refractivity contribution in [2.75, 3.05) is 0 Å². The van der Waals surface area contributed by atoms with Crippen molar-refractivity contribution in [3.63, 3.8) is 0 Å². The van der Waals surface area contributed by atoms with Crippen LogP contribution in [0.25, 0.3) is 16.7 Å². The van der Waals surface area contributed by atoms with E-state index >= 15 is 0 Å². The van der Waals surface area contributed by atoms with Gasteiger partial charge in [0.15, 0.2) is 0 Å². The first-order valence-electron chi connectivity index (χ1n) is 9.23. The van der Waals surface area contributed by atoms with Crippen molar-refractivity contribution in [1.82, 2.24) is 24.5 Å². The largest absolute Gasteiger partial charge is 0.350 e. The van der Waals surface area contributed by atoms with Crippen LogP contribution in [0.3, 0.4) is 0 Å². The lowest BCUT2D eigenvalue weighted by Crippen LogP contribution is -2.33. The molecule has 0 spiro atoms. The number of benzene rings is 2. The van der Waals surface area contributed by atoms with E-state index in [1.54, 1.807) is 4.40 Å². The van der Waals surface area contributed by atoms with Crippen LogP contribution in [0.2, 0.25) is 0 Å². The van der Waals surface area contributed by atoms with Gasteiger partial charge in [-0.25, -0.2) is 0 Å². The van der Waals surface area contributed by atoms with E-state index in [9.17, 15) is 9.59 Å². The van der Waals surface area contributed by atoms with Crippen molar-refractivity contribution in [3.8, 4) is 0 Å². The predicted molar refractivity (Wildman–Crippen MR) is 107 cm³/mol. The molecule has 0 atom stereocenters. The van der Waals surface area contributed by atoms with Gasteiger partial charge in [0, 0.05) is 12.5 Å². The van der Waals surface area contributed by atoms with E-state index in [0.717, 1.165) is 16.9 Å². The third kappa shape index (κ3) is 3.15. The second kappa shape index (κ2) is 7.26. The maximum Gasteiger partial charge on any atom is 0.297 e. The maximum atomic E-state index is 13.0. The van der Waals surface area contributed by atoms with Gasteiger partial charge in [-0.1, -0.05) is 56.3 Å². The average molecular weight is 375 g/mol. The van der Waals surface area contributed by atoms with Crippen molar-refractivity contribution in [1.29, 1.82) is 0 Å². The minimum atomic E-state index is -0.326. The number of fused-ring (bicyclic) bond motifs is 3. The molecule has 142 valence electrons. The summed E-state index contributed by atoms with van der Waals surface area (Å²) in [5, 5.41) is 11.2. The highest BCUT2D eigenvalue weighted by Crippen LogP contribution is 2.19. The molecule has 0 saturated carbocycles. The number of rotatable bonds is 5. The molecule has 2 heterocycles. The first-order valence-corrected chi connectivity index (χ1v) is 9.23. The van der Waals surface area contributed by atoms with E-state index in [1.807, 2.05) is 68.4 Å². The monoisotopic (exact) mass is 375 g/mol. The van der Waals surface area contributed by atoms with E-state index in [2.05, 4.69) is 15.5 Å². The van der Waals surface area contributed by atoms with Gasteiger partial charge in [-0.15, -0.1) is 10.2 Å². The van der Waals surface area contributed by atoms with Crippen LogP contribution in [-0.2, 0) is 17.9 Å². The topological polar surface area (TPSA) is 81.3 Å². The third-order valence-electron chi connectivity index (χ3n) is 4.69. The number of amides is 1. The average Bonchev–Trinajstić information content (AvgIpc) is 3.16. The van der Waals surface area contributed by atoms with Gasteiger partial charge in [0.1, 0.15) is 12.4 Å². The summed E-state index contributed by atoms with van der Waals surface area (Å²) >= 11 is 0. The molecule has 7 heteroatoms. The zero-order valence-electron chi connectivity index (χ0n) is 15.8. The molecule has 1 N–H and O–H groups in total. The van der Waals surface area contributed by atoms with Crippen LogP contribution in [0.4, 0.5) is 0 Å². The Morgan fingerprint density at radius 1 is 1.00 bits per heavy atom. The minimum absolute atomic E-state index is 0.0768. The van der Waals surface area contributed by atoms with E-state index in [4.69, 9.17) is 0 Å². The molecule has 4 rings (SSSR count). The minimum Gasteiger partial charge on any atom is -0.350 e. The summed E-state index contributed by atoms with van der Waals surface area (Å²) < 4.78 is 3.25. The lowest BCUT2D eigenvalue weighted by Gasteiger charge is -2.13. The molecular weight excluding hydrogens is 354 g/mol. The van der Waals surface area contributed by atoms with Crippen molar-refractivity contribution in [2.24, 2.45) is 0 Å². The number of nitrogens with zero attached hydrogens (tertiary/aromatic N) is 4. The molecule has 2 aromatic carbocycles. The molecule has 1 amide bonds. The molecule has 0 fully saturated rings. The predicted octanol–water partition coefficient (Wildman–Crippen LogP) is 2.48. The molecule has 4 aromatic rings. The summed E-state index contributed by atoms with van der Waals surface area (Å²) in [6, 6.07) is 17.2. The maximum absolute atomic E-state index is 13.0. The van der Waals surface area contributed by atoms with Gasteiger partial charge in [0.05, 0.1) is 11.0 Å². The zero-order valence-corrected chi connectivity index (χ0v) is 15.8. The Balaban J connectivity index is 1.73. The van der Waals surface area contributed by atoms with E-state index < -0.39 is 0 Å². The molecule has 0 bridgehead atoms. The van der Waals surface area contributed by atoms with Crippen LogP contribution in [0.1, 0.15) is 31.2 Å². The number of carbonyl (C=O) groups excluding carboxylic acids is 1.